The van der Waals surface area contributed by atoms with Gasteiger partial charge in [0.25, 0.3) is 11.6 Å². The highest BCUT2D eigenvalue weighted by molar-refractivity contribution is 6.31. The number of nitro groups is 1. The predicted molar refractivity (Wildman–Crippen MR) is 131 cm³/mol. The number of carbonyl (C=O) groups is 1. The highest BCUT2D eigenvalue weighted by Crippen LogP contribution is 2.31. The van der Waals surface area contributed by atoms with E-state index in [9.17, 15) is 20.2 Å². The van der Waals surface area contributed by atoms with Crippen LogP contribution in [0.5, 0.6) is 17.2 Å². The van der Waals surface area contributed by atoms with Crippen LogP contribution in [0, 0.1) is 21.4 Å². The van der Waals surface area contributed by atoms with Crippen LogP contribution in [-0.2, 0) is 11.4 Å². The van der Waals surface area contributed by atoms with Crippen LogP contribution < -0.4 is 19.5 Å². The van der Waals surface area contributed by atoms with E-state index >= 15 is 0 Å². The molecule has 0 saturated carbocycles. The summed E-state index contributed by atoms with van der Waals surface area (Å²) in [6, 6.07) is 17.8. The number of nitro benzene ring substituents is 1. The van der Waals surface area contributed by atoms with Gasteiger partial charge in [0.15, 0.2) is 11.5 Å². The molecule has 0 bridgehead atoms. The number of nitrogens with one attached hydrogen (secondary N) is 1. The number of benzene rings is 3. The summed E-state index contributed by atoms with van der Waals surface area (Å²) in [5, 5.41) is 23.7. The maximum atomic E-state index is 12.8. The van der Waals surface area contributed by atoms with Crippen molar-refractivity contribution in [2.45, 2.75) is 6.61 Å². The monoisotopic (exact) mass is 493 g/mol. The number of methoxy groups -OCH3 is 2. The summed E-state index contributed by atoms with van der Waals surface area (Å²) >= 11 is 6.19. The van der Waals surface area contributed by atoms with Crippen molar-refractivity contribution in [1.29, 1.82) is 5.26 Å². The Labute approximate surface area is 206 Å². The first kappa shape index (κ1) is 25.1. The van der Waals surface area contributed by atoms with Crippen LogP contribution in [0.25, 0.3) is 6.08 Å². The molecule has 35 heavy (non-hydrogen) atoms. The molecule has 0 atom stereocenters. The second-order valence-electron chi connectivity index (χ2n) is 7.06. The van der Waals surface area contributed by atoms with E-state index in [2.05, 4.69) is 5.32 Å². The van der Waals surface area contributed by atoms with E-state index in [0.29, 0.717) is 22.1 Å². The molecule has 0 fully saturated rings. The molecule has 0 aliphatic rings. The molecule has 178 valence electrons. The first-order chi connectivity index (χ1) is 16.9. The number of hydrogen-bond acceptors (Lipinski definition) is 7. The van der Waals surface area contributed by atoms with Crippen molar-refractivity contribution < 1.29 is 23.9 Å². The first-order valence-corrected chi connectivity index (χ1v) is 10.5. The van der Waals surface area contributed by atoms with E-state index in [1.165, 1.54) is 32.4 Å². The number of amides is 1. The fourth-order valence-electron chi connectivity index (χ4n) is 3.08. The second-order valence-corrected chi connectivity index (χ2v) is 7.46. The maximum Gasteiger partial charge on any atom is 0.271 e. The molecule has 0 unspecified atom stereocenters. The van der Waals surface area contributed by atoms with E-state index in [0.717, 1.165) is 11.6 Å². The van der Waals surface area contributed by atoms with Crippen molar-refractivity contribution in [3.63, 3.8) is 0 Å². The van der Waals surface area contributed by atoms with Crippen LogP contribution in [0.1, 0.15) is 11.1 Å². The molecule has 3 rings (SSSR count). The zero-order chi connectivity index (χ0) is 25.4. The second kappa shape index (κ2) is 11.5. The van der Waals surface area contributed by atoms with Crippen LogP contribution in [0.3, 0.4) is 0 Å². The highest BCUT2D eigenvalue weighted by Gasteiger charge is 2.17. The summed E-state index contributed by atoms with van der Waals surface area (Å²) in [6.45, 7) is 0.182. The summed E-state index contributed by atoms with van der Waals surface area (Å²) in [5.74, 6) is 0.291. The Balaban J connectivity index is 1.85. The lowest BCUT2D eigenvalue weighted by molar-refractivity contribution is -0.384. The number of halogens is 1. The smallest absolute Gasteiger partial charge is 0.271 e. The average molecular weight is 494 g/mol. The minimum absolute atomic E-state index is 0.0614. The zero-order valence-electron chi connectivity index (χ0n) is 18.8. The molecule has 0 radical (unpaired) electrons. The molecule has 0 saturated heterocycles. The number of carbonyl (C=O) groups excluding carboxylic acids is 1. The Kier molecular flexibility index (Phi) is 8.27. The first-order valence-electron chi connectivity index (χ1n) is 10.2. The molecular weight excluding hydrogens is 474 g/mol. The fraction of sp³-hybridized carbons (Fsp3) is 0.120. The van der Waals surface area contributed by atoms with E-state index in [1.807, 2.05) is 24.3 Å². The third kappa shape index (κ3) is 6.28. The highest BCUT2D eigenvalue weighted by atomic mass is 35.5. The Bertz CT molecular complexity index is 1330. The van der Waals surface area contributed by atoms with Crippen molar-refractivity contribution in [2.24, 2.45) is 0 Å². The average Bonchev–Trinajstić information content (AvgIpc) is 2.86. The molecule has 0 aliphatic heterocycles. The van der Waals surface area contributed by atoms with Crippen LogP contribution in [0.4, 0.5) is 11.4 Å². The van der Waals surface area contributed by atoms with Gasteiger partial charge in [-0.1, -0.05) is 35.9 Å². The van der Waals surface area contributed by atoms with Gasteiger partial charge in [0.05, 0.1) is 24.8 Å². The van der Waals surface area contributed by atoms with Gasteiger partial charge in [0.1, 0.15) is 24.0 Å². The number of nitrogens with zero attached hydrogens (tertiary/aromatic N) is 2. The fourth-order valence-corrected chi connectivity index (χ4v) is 3.27. The quantitative estimate of drug-likeness (QED) is 0.183. The number of ether oxygens (including phenoxy) is 3. The molecule has 0 spiro atoms. The molecule has 0 heterocycles. The van der Waals surface area contributed by atoms with Gasteiger partial charge >= 0.3 is 0 Å². The molecule has 0 aliphatic carbocycles. The summed E-state index contributed by atoms with van der Waals surface area (Å²) in [6.07, 6.45) is 1.36. The predicted octanol–water partition coefficient (Wildman–Crippen LogP) is 5.39. The summed E-state index contributed by atoms with van der Waals surface area (Å²) in [4.78, 5) is 23.2. The van der Waals surface area contributed by atoms with E-state index < -0.39 is 10.8 Å². The van der Waals surface area contributed by atoms with Gasteiger partial charge in [0, 0.05) is 22.7 Å². The van der Waals surface area contributed by atoms with Gasteiger partial charge in [-0.25, -0.2) is 0 Å². The van der Waals surface area contributed by atoms with Gasteiger partial charge < -0.3 is 19.5 Å². The lowest BCUT2D eigenvalue weighted by Gasteiger charge is -2.12. The van der Waals surface area contributed by atoms with Gasteiger partial charge in [-0.15, -0.1) is 0 Å². The summed E-state index contributed by atoms with van der Waals surface area (Å²) < 4.78 is 16.4. The molecular formula is C25H20ClN3O6. The van der Waals surface area contributed by atoms with Crippen molar-refractivity contribution in [3.8, 4) is 23.3 Å². The molecule has 10 heteroatoms. The largest absolute Gasteiger partial charge is 0.495 e. The molecule has 9 nitrogen and oxygen atoms in total. The normalized spacial score (nSPS) is 10.7. The minimum Gasteiger partial charge on any atom is -0.495 e. The van der Waals surface area contributed by atoms with Crippen molar-refractivity contribution in [3.05, 3.63) is 92.5 Å². The molecule has 1 amide bonds. The van der Waals surface area contributed by atoms with Crippen molar-refractivity contribution in [1.82, 2.24) is 0 Å². The summed E-state index contributed by atoms with van der Waals surface area (Å²) in [7, 11) is 2.85. The number of anilines is 1. The number of rotatable bonds is 9. The summed E-state index contributed by atoms with van der Waals surface area (Å²) in [5.41, 5.74) is 0.865. The van der Waals surface area contributed by atoms with Gasteiger partial charge in [0.2, 0.25) is 0 Å². The molecule has 0 aromatic heterocycles. The van der Waals surface area contributed by atoms with Gasteiger partial charge in [-0.3, -0.25) is 14.9 Å². The minimum atomic E-state index is -0.763. The lowest BCUT2D eigenvalue weighted by atomic mass is 10.1. The standard InChI is InChI=1S/C25H20ClN3O6/c1-33-22-10-8-19(29(31)32)13-21(22)28-25(30)18(14-27)11-16-7-9-23(34-2)24(12-16)35-15-17-5-3-4-6-20(17)26/h3-13H,15H2,1-2H3,(H,28,30)/b18-11+. The third-order valence-electron chi connectivity index (χ3n) is 4.85. The SMILES string of the molecule is COc1ccc([N+](=O)[O-])cc1NC(=O)/C(C#N)=C/c1ccc(OC)c(OCc2ccccc2Cl)c1. The topological polar surface area (TPSA) is 124 Å². The van der Waals surface area contributed by atoms with Crippen LogP contribution >= 0.6 is 11.6 Å². The molecule has 3 aromatic rings. The van der Waals surface area contributed by atoms with Gasteiger partial charge in [-0.05, 0) is 35.9 Å². The number of nitriles is 1. The number of non-ortho nitro benzene ring substituents is 1. The Morgan fingerprint density at radius 3 is 2.46 bits per heavy atom. The Hall–Kier alpha value is -4.55. The van der Waals surface area contributed by atoms with E-state index in [1.54, 1.807) is 24.3 Å². The number of hydrogen-bond donors (Lipinski definition) is 1. The molecule has 3 aromatic carbocycles. The molecule has 1 N–H and O–H groups in total. The Morgan fingerprint density at radius 2 is 1.80 bits per heavy atom. The van der Waals surface area contributed by atoms with Gasteiger partial charge in [-0.2, -0.15) is 5.26 Å². The maximum absolute atomic E-state index is 12.8. The lowest BCUT2D eigenvalue weighted by Crippen LogP contribution is -2.14. The third-order valence-corrected chi connectivity index (χ3v) is 5.22. The Morgan fingerprint density at radius 1 is 1.09 bits per heavy atom. The van der Waals surface area contributed by atoms with Crippen molar-refractivity contribution >= 4 is 35.0 Å². The van der Waals surface area contributed by atoms with E-state index in [4.69, 9.17) is 25.8 Å². The van der Waals surface area contributed by atoms with Crippen LogP contribution in [-0.4, -0.2) is 25.1 Å². The van der Waals surface area contributed by atoms with Crippen LogP contribution in [0.15, 0.2) is 66.2 Å². The van der Waals surface area contributed by atoms with Crippen molar-refractivity contribution in [2.75, 3.05) is 19.5 Å². The van der Waals surface area contributed by atoms with E-state index in [-0.39, 0.29) is 29.3 Å². The van der Waals surface area contributed by atoms with Crippen LogP contribution in [0.2, 0.25) is 5.02 Å². The zero-order valence-corrected chi connectivity index (χ0v) is 19.5.